The number of hydrogen-bond donors (Lipinski definition) is 2. The van der Waals surface area contributed by atoms with Gasteiger partial charge in [-0.1, -0.05) is 22.4 Å². The molecule has 1 aliphatic heterocycles. The van der Waals surface area contributed by atoms with Gasteiger partial charge in [-0.15, -0.1) is 0 Å². The fraction of sp³-hybridized carbons (Fsp3) is 0.320. The van der Waals surface area contributed by atoms with Crippen LogP contribution in [-0.4, -0.2) is 53.8 Å². The van der Waals surface area contributed by atoms with Crippen molar-refractivity contribution in [2.75, 3.05) is 20.2 Å². The average Bonchev–Trinajstić information content (AvgIpc) is 2.87. The van der Waals surface area contributed by atoms with Crippen LogP contribution in [0.25, 0.3) is 5.69 Å². The van der Waals surface area contributed by atoms with E-state index in [1.807, 2.05) is 6.92 Å². The van der Waals surface area contributed by atoms with Crippen LogP contribution in [0.4, 0.5) is 5.69 Å². The zero-order valence-electron chi connectivity index (χ0n) is 20.6. The van der Waals surface area contributed by atoms with Gasteiger partial charge in [-0.3, -0.25) is 14.8 Å². The zero-order valence-corrected chi connectivity index (χ0v) is 23.0. The number of aryl methyl sites for hydroxylation is 2. The van der Waals surface area contributed by atoms with Crippen molar-refractivity contribution >= 4 is 37.9 Å². The Morgan fingerprint density at radius 3 is 2.46 bits per heavy atom. The number of piperidine rings is 1. The number of benzene rings is 2. The molecule has 0 aliphatic carbocycles. The Labute approximate surface area is 222 Å². The first-order chi connectivity index (χ1) is 17.5. The smallest absolute Gasteiger partial charge is 0.335 e. The number of ether oxygens (including phenoxy) is 1. The fourth-order valence-corrected chi connectivity index (χ4v) is 6.19. The molecule has 0 unspecified atom stereocenters. The van der Waals surface area contributed by atoms with Gasteiger partial charge in [0, 0.05) is 29.8 Å². The van der Waals surface area contributed by atoms with Crippen molar-refractivity contribution in [3.8, 4) is 17.3 Å². The third-order valence-electron chi connectivity index (χ3n) is 6.28. The molecule has 1 saturated heterocycles. The number of hydrogen-bond acceptors (Lipinski definition) is 7. The van der Waals surface area contributed by atoms with E-state index in [1.165, 1.54) is 29.6 Å². The van der Waals surface area contributed by atoms with E-state index in [0.717, 1.165) is 40.1 Å². The fourth-order valence-electron chi connectivity index (χ4n) is 4.20. The quantitative estimate of drug-likeness (QED) is 0.422. The molecule has 196 valence electrons. The molecule has 0 bridgehead atoms. The van der Waals surface area contributed by atoms with Gasteiger partial charge in [0.1, 0.15) is 17.0 Å². The molecule has 3 aromatic rings. The average molecular weight is 591 g/mol. The second-order valence-electron chi connectivity index (χ2n) is 8.78. The molecule has 0 atom stereocenters. The summed E-state index contributed by atoms with van der Waals surface area (Å²) in [5.41, 5.74) is 0.305. The number of sulfonamides is 1. The van der Waals surface area contributed by atoms with Crippen LogP contribution in [0.5, 0.6) is 11.6 Å². The minimum atomic E-state index is -3.68. The molecular formula is C25H27BrN4O6S. The number of nitrogens with one attached hydrogen (secondary N) is 1. The molecule has 0 spiro atoms. The molecule has 0 radical (unpaired) electrons. The van der Waals surface area contributed by atoms with Crippen molar-refractivity contribution in [1.82, 2.24) is 13.9 Å². The van der Waals surface area contributed by atoms with E-state index < -0.39 is 27.2 Å². The first-order valence-electron chi connectivity index (χ1n) is 11.6. The first-order valence-corrected chi connectivity index (χ1v) is 13.9. The highest BCUT2D eigenvalue weighted by Crippen LogP contribution is 2.32. The maximum Gasteiger partial charge on any atom is 0.335 e. The summed E-state index contributed by atoms with van der Waals surface area (Å²) >= 11 is 3.44. The van der Waals surface area contributed by atoms with Gasteiger partial charge in [-0.25, -0.2) is 17.8 Å². The lowest BCUT2D eigenvalue weighted by Crippen LogP contribution is -2.35. The number of halogens is 1. The van der Waals surface area contributed by atoms with Gasteiger partial charge < -0.3 is 9.84 Å². The van der Waals surface area contributed by atoms with Gasteiger partial charge >= 0.3 is 5.69 Å². The standard InChI is InChI=1S/C25H27BrN4O6S/c1-15-12-21(16(2)11-19(15)26)30-24(32)18(23(31)28-25(30)33)14-27-20-8-7-17(13-22(20)36-3)37(34,35)29-9-5-4-6-10-29/h7-8,11-14,32H,4-6,9-10H2,1-3H3,(H,28,31,33). The molecule has 1 fully saturated rings. The van der Waals surface area contributed by atoms with Crippen molar-refractivity contribution in [3.05, 3.63) is 72.3 Å². The van der Waals surface area contributed by atoms with Crippen LogP contribution in [0.3, 0.4) is 0 Å². The second-order valence-corrected chi connectivity index (χ2v) is 11.6. The molecule has 10 nitrogen and oxygen atoms in total. The van der Waals surface area contributed by atoms with Crippen molar-refractivity contribution in [2.24, 2.45) is 4.99 Å². The monoisotopic (exact) mass is 590 g/mol. The Bertz CT molecular complexity index is 1600. The second kappa shape index (κ2) is 10.6. The Morgan fingerprint density at radius 1 is 1.08 bits per heavy atom. The molecule has 4 rings (SSSR count). The molecule has 37 heavy (non-hydrogen) atoms. The topological polar surface area (TPSA) is 134 Å². The maximum absolute atomic E-state index is 13.0. The van der Waals surface area contributed by atoms with Crippen molar-refractivity contribution in [2.45, 2.75) is 38.0 Å². The number of rotatable bonds is 6. The number of H-pyrrole nitrogens is 1. The van der Waals surface area contributed by atoms with Crippen molar-refractivity contribution in [3.63, 3.8) is 0 Å². The predicted molar refractivity (Wildman–Crippen MR) is 144 cm³/mol. The highest BCUT2D eigenvalue weighted by atomic mass is 79.9. The summed E-state index contributed by atoms with van der Waals surface area (Å²) < 4.78 is 34.7. The van der Waals surface area contributed by atoms with Gasteiger partial charge in [0.2, 0.25) is 15.9 Å². The minimum absolute atomic E-state index is 0.0838. The molecule has 12 heteroatoms. The van der Waals surface area contributed by atoms with Gasteiger partial charge in [0.15, 0.2) is 0 Å². The number of aromatic amines is 1. The van der Waals surface area contributed by atoms with E-state index in [-0.39, 0.29) is 21.9 Å². The Hall–Kier alpha value is -3.22. The van der Waals surface area contributed by atoms with Gasteiger partial charge in [0.25, 0.3) is 5.56 Å². The van der Waals surface area contributed by atoms with E-state index in [0.29, 0.717) is 24.3 Å². The van der Waals surface area contributed by atoms with Crippen LogP contribution in [0, 0.1) is 13.8 Å². The number of nitrogens with zero attached hydrogens (tertiary/aromatic N) is 3. The van der Waals surface area contributed by atoms with E-state index in [9.17, 15) is 23.1 Å². The molecule has 0 amide bonds. The van der Waals surface area contributed by atoms with E-state index in [2.05, 4.69) is 25.9 Å². The normalized spacial score (nSPS) is 14.8. The highest BCUT2D eigenvalue weighted by molar-refractivity contribution is 9.10. The van der Waals surface area contributed by atoms with E-state index >= 15 is 0 Å². The molecule has 2 aromatic carbocycles. The van der Waals surface area contributed by atoms with Crippen LogP contribution in [0.2, 0.25) is 0 Å². The van der Waals surface area contributed by atoms with Crippen LogP contribution >= 0.6 is 15.9 Å². The summed E-state index contributed by atoms with van der Waals surface area (Å²) in [4.78, 5) is 31.7. The highest BCUT2D eigenvalue weighted by Gasteiger charge is 2.27. The Kier molecular flexibility index (Phi) is 7.72. The molecule has 1 aliphatic rings. The summed E-state index contributed by atoms with van der Waals surface area (Å²) in [6.45, 7) is 4.55. The summed E-state index contributed by atoms with van der Waals surface area (Å²) in [6, 6.07) is 7.80. The summed E-state index contributed by atoms with van der Waals surface area (Å²) in [7, 11) is -2.29. The zero-order chi connectivity index (χ0) is 26.9. The summed E-state index contributed by atoms with van der Waals surface area (Å²) in [5.74, 6) is -0.400. The number of methoxy groups -OCH3 is 1. The lowest BCUT2D eigenvalue weighted by atomic mass is 10.1. The van der Waals surface area contributed by atoms with Crippen molar-refractivity contribution < 1.29 is 18.3 Å². The van der Waals surface area contributed by atoms with Gasteiger partial charge in [0.05, 0.1) is 17.7 Å². The molecule has 1 aromatic heterocycles. The lowest BCUT2D eigenvalue weighted by molar-refractivity contribution is 0.346. The van der Waals surface area contributed by atoms with Crippen LogP contribution in [0.1, 0.15) is 36.0 Å². The van der Waals surface area contributed by atoms with Crippen LogP contribution in [-0.2, 0) is 10.0 Å². The van der Waals surface area contributed by atoms with Crippen LogP contribution in [0.15, 0.2) is 54.3 Å². The minimum Gasteiger partial charge on any atom is -0.494 e. The molecule has 2 N–H and O–H groups in total. The Balaban J connectivity index is 1.74. The lowest BCUT2D eigenvalue weighted by Gasteiger charge is -2.26. The largest absolute Gasteiger partial charge is 0.494 e. The summed E-state index contributed by atoms with van der Waals surface area (Å²) in [6.07, 6.45) is 3.75. The van der Waals surface area contributed by atoms with E-state index in [4.69, 9.17) is 4.74 Å². The maximum atomic E-state index is 13.0. The molecule has 0 saturated carbocycles. The number of aliphatic imine (C=N–C) groups is 1. The summed E-state index contributed by atoms with van der Waals surface area (Å²) in [5, 5.41) is 10.9. The van der Waals surface area contributed by atoms with Crippen molar-refractivity contribution in [1.29, 1.82) is 0 Å². The third kappa shape index (κ3) is 5.27. The van der Waals surface area contributed by atoms with Gasteiger partial charge in [-0.05, 0) is 62.1 Å². The number of aromatic hydroxyl groups is 1. The number of aromatic nitrogens is 2. The Morgan fingerprint density at radius 2 is 1.78 bits per heavy atom. The molecular weight excluding hydrogens is 564 g/mol. The third-order valence-corrected chi connectivity index (χ3v) is 9.02. The molecule has 2 heterocycles. The van der Waals surface area contributed by atoms with Gasteiger partial charge in [-0.2, -0.15) is 4.31 Å². The van der Waals surface area contributed by atoms with E-state index in [1.54, 1.807) is 19.1 Å². The SMILES string of the molecule is COc1cc(S(=O)(=O)N2CCCCC2)ccc1N=Cc1c(O)n(-c2cc(C)c(Br)cc2C)c(=O)[nH]c1=O. The first kappa shape index (κ1) is 26.8. The van der Waals surface area contributed by atoms with Crippen LogP contribution < -0.4 is 16.0 Å². The predicted octanol–water partition coefficient (Wildman–Crippen LogP) is 3.54.